The zero-order valence-electron chi connectivity index (χ0n) is 6.43. The molecule has 1 rings (SSSR count). The summed E-state index contributed by atoms with van der Waals surface area (Å²) in [5.41, 5.74) is 0. The molecule has 0 bridgehead atoms. The van der Waals surface area contributed by atoms with Crippen molar-refractivity contribution < 1.29 is 24.2 Å². The van der Waals surface area contributed by atoms with Gasteiger partial charge in [0.2, 0.25) is 0 Å². The van der Waals surface area contributed by atoms with E-state index in [0.717, 1.165) is 0 Å². The average molecular weight is 174 g/mol. The van der Waals surface area contributed by atoms with Crippen LogP contribution in [0, 0.1) is 0 Å². The molecule has 1 saturated heterocycles. The van der Waals surface area contributed by atoms with Crippen LogP contribution in [0.2, 0.25) is 0 Å². The molecule has 68 valence electrons. The molecule has 1 fully saturated rings. The van der Waals surface area contributed by atoms with Gasteiger partial charge in [0.25, 0.3) is 6.47 Å². The summed E-state index contributed by atoms with van der Waals surface area (Å²) in [5, 5.41) is 8.52. The van der Waals surface area contributed by atoms with E-state index in [4.69, 9.17) is 9.84 Å². The predicted molar refractivity (Wildman–Crippen MR) is 37.5 cm³/mol. The standard InChI is InChI=1S/C7H10O5/c8-4-11-3-5-1-2-6(12-5)7(9)10/h4-6H,1-3H2,(H,9,10). The number of carboxylic acids is 1. The first-order valence-electron chi connectivity index (χ1n) is 3.67. The predicted octanol–water partition coefficient (Wildman–Crippen LogP) is -0.208. The Morgan fingerprint density at radius 3 is 2.92 bits per heavy atom. The number of aliphatic carboxylic acids is 1. The Morgan fingerprint density at radius 2 is 2.42 bits per heavy atom. The van der Waals surface area contributed by atoms with Crippen molar-refractivity contribution in [2.75, 3.05) is 6.61 Å². The molecule has 5 nitrogen and oxygen atoms in total. The highest BCUT2D eigenvalue weighted by Crippen LogP contribution is 2.19. The highest BCUT2D eigenvalue weighted by Gasteiger charge is 2.30. The molecule has 0 spiro atoms. The maximum absolute atomic E-state index is 10.4. The van der Waals surface area contributed by atoms with Crippen molar-refractivity contribution in [3.63, 3.8) is 0 Å². The summed E-state index contributed by atoms with van der Waals surface area (Å²) in [5.74, 6) is -0.955. The minimum Gasteiger partial charge on any atom is -0.479 e. The van der Waals surface area contributed by atoms with Crippen LogP contribution in [0.25, 0.3) is 0 Å². The van der Waals surface area contributed by atoms with Crippen LogP contribution >= 0.6 is 0 Å². The third-order valence-corrected chi connectivity index (χ3v) is 1.73. The number of ether oxygens (including phenoxy) is 2. The lowest BCUT2D eigenvalue weighted by atomic mass is 10.2. The number of carboxylic acid groups (broad SMARTS) is 1. The second-order valence-electron chi connectivity index (χ2n) is 2.59. The topological polar surface area (TPSA) is 72.8 Å². The number of carbonyl (C=O) groups is 2. The first-order chi connectivity index (χ1) is 5.74. The molecule has 1 aliphatic heterocycles. The average Bonchev–Trinajstić information content (AvgIpc) is 2.48. The fourth-order valence-corrected chi connectivity index (χ4v) is 1.16. The zero-order valence-corrected chi connectivity index (χ0v) is 6.43. The minimum atomic E-state index is -0.955. The smallest absolute Gasteiger partial charge is 0.332 e. The van der Waals surface area contributed by atoms with Gasteiger partial charge in [0.15, 0.2) is 6.10 Å². The van der Waals surface area contributed by atoms with E-state index < -0.39 is 12.1 Å². The summed E-state index contributed by atoms with van der Waals surface area (Å²) in [7, 11) is 0. The lowest BCUT2D eigenvalue weighted by molar-refractivity contribution is -0.151. The van der Waals surface area contributed by atoms with Crippen molar-refractivity contribution in [3.05, 3.63) is 0 Å². The fourth-order valence-electron chi connectivity index (χ4n) is 1.16. The maximum atomic E-state index is 10.4. The van der Waals surface area contributed by atoms with E-state index in [1.807, 2.05) is 0 Å². The number of rotatable bonds is 4. The molecule has 1 aliphatic rings. The zero-order chi connectivity index (χ0) is 8.97. The van der Waals surface area contributed by atoms with Gasteiger partial charge in [-0.2, -0.15) is 0 Å². The van der Waals surface area contributed by atoms with E-state index in [1.54, 1.807) is 0 Å². The monoisotopic (exact) mass is 174 g/mol. The van der Waals surface area contributed by atoms with Crippen LogP contribution in [0.3, 0.4) is 0 Å². The van der Waals surface area contributed by atoms with E-state index in [1.165, 1.54) is 0 Å². The molecule has 0 aliphatic carbocycles. The molecule has 1 heterocycles. The van der Waals surface area contributed by atoms with Gasteiger partial charge in [-0.15, -0.1) is 0 Å². The second-order valence-corrected chi connectivity index (χ2v) is 2.59. The SMILES string of the molecule is O=COCC1CCC(C(=O)O)O1. The molecule has 0 amide bonds. The van der Waals surface area contributed by atoms with Crippen LogP contribution < -0.4 is 0 Å². The fraction of sp³-hybridized carbons (Fsp3) is 0.714. The molecule has 12 heavy (non-hydrogen) atoms. The minimum absolute atomic E-state index is 0.146. The summed E-state index contributed by atoms with van der Waals surface area (Å²) in [6.45, 7) is 0.477. The number of carbonyl (C=O) groups excluding carboxylic acids is 1. The summed E-state index contributed by atoms with van der Waals surface area (Å²) < 4.78 is 9.49. The molecule has 1 N–H and O–H groups in total. The maximum Gasteiger partial charge on any atom is 0.332 e. The molecule has 0 aromatic carbocycles. The Bertz CT molecular complexity index is 179. The first-order valence-corrected chi connectivity index (χ1v) is 3.67. The molecule has 2 atom stereocenters. The van der Waals surface area contributed by atoms with Crippen LogP contribution in [-0.2, 0) is 19.1 Å². The Balaban J connectivity index is 2.25. The van der Waals surface area contributed by atoms with E-state index in [9.17, 15) is 9.59 Å². The summed E-state index contributed by atoms with van der Waals surface area (Å²) >= 11 is 0. The lowest BCUT2D eigenvalue weighted by Crippen LogP contribution is -2.22. The largest absolute Gasteiger partial charge is 0.479 e. The number of hydrogen-bond acceptors (Lipinski definition) is 4. The lowest BCUT2D eigenvalue weighted by Gasteiger charge is -2.08. The van der Waals surface area contributed by atoms with Crippen molar-refractivity contribution in [1.82, 2.24) is 0 Å². The van der Waals surface area contributed by atoms with Crippen LogP contribution in [-0.4, -0.2) is 36.4 Å². The third kappa shape index (κ3) is 2.20. The second kappa shape index (κ2) is 4.06. The van der Waals surface area contributed by atoms with Crippen molar-refractivity contribution in [3.8, 4) is 0 Å². The van der Waals surface area contributed by atoms with Crippen molar-refractivity contribution in [1.29, 1.82) is 0 Å². The Kier molecular flexibility index (Phi) is 3.04. The van der Waals surface area contributed by atoms with E-state index in [2.05, 4.69) is 4.74 Å². The van der Waals surface area contributed by atoms with Gasteiger partial charge in [-0.25, -0.2) is 4.79 Å². The third-order valence-electron chi connectivity index (χ3n) is 1.73. The van der Waals surface area contributed by atoms with Gasteiger partial charge >= 0.3 is 5.97 Å². The Labute approximate surface area is 69.3 Å². The highest BCUT2D eigenvalue weighted by molar-refractivity contribution is 5.72. The van der Waals surface area contributed by atoms with Gasteiger partial charge in [-0.05, 0) is 12.8 Å². The molecule has 0 aromatic rings. The molecule has 2 unspecified atom stereocenters. The van der Waals surface area contributed by atoms with Crippen LogP contribution in [0.4, 0.5) is 0 Å². The van der Waals surface area contributed by atoms with Crippen LogP contribution in [0.15, 0.2) is 0 Å². The van der Waals surface area contributed by atoms with Crippen molar-refractivity contribution in [2.45, 2.75) is 25.0 Å². The normalized spacial score (nSPS) is 28.3. The van der Waals surface area contributed by atoms with Crippen molar-refractivity contribution in [2.24, 2.45) is 0 Å². The summed E-state index contributed by atoms with van der Waals surface area (Å²) in [4.78, 5) is 20.2. The quantitative estimate of drug-likeness (QED) is 0.597. The number of hydrogen-bond donors (Lipinski definition) is 1. The summed E-state index contributed by atoms with van der Waals surface area (Å²) in [6.07, 6.45) is 0.133. The van der Waals surface area contributed by atoms with Crippen molar-refractivity contribution >= 4 is 12.4 Å². The molecule has 0 saturated carbocycles. The van der Waals surface area contributed by atoms with Gasteiger partial charge < -0.3 is 14.6 Å². The molecule has 0 aromatic heterocycles. The van der Waals surface area contributed by atoms with Crippen LogP contribution in [0.5, 0.6) is 0 Å². The van der Waals surface area contributed by atoms with Gasteiger partial charge in [0, 0.05) is 0 Å². The Hall–Kier alpha value is -1.10. The summed E-state index contributed by atoms with van der Waals surface area (Å²) in [6, 6.07) is 0. The van der Waals surface area contributed by atoms with Crippen LogP contribution in [0.1, 0.15) is 12.8 Å². The van der Waals surface area contributed by atoms with E-state index in [-0.39, 0.29) is 12.7 Å². The molecule has 5 heteroatoms. The van der Waals surface area contributed by atoms with E-state index >= 15 is 0 Å². The molecule has 0 radical (unpaired) electrons. The van der Waals surface area contributed by atoms with Gasteiger partial charge in [0.05, 0.1) is 6.10 Å². The Morgan fingerprint density at radius 1 is 1.67 bits per heavy atom. The molecular weight excluding hydrogens is 164 g/mol. The molecular formula is C7H10O5. The van der Waals surface area contributed by atoms with Gasteiger partial charge in [-0.3, -0.25) is 4.79 Å². The van der Waals surface area contributed by atoms with E-state index in [0.29, 0.717) is 19.3 Å². The first kappa shape index (κ1) is 8.99. The van der Waals surface area contributed by atoms with Gasteiger partial charge in [0.1, 0.15) is 6.61 Å². The highest BCUT2D eigenvalue weighted by atomic mass is 16.6. The van der Waals surface area contributed by atoms with Gasteiger partial charge in [-0.1, -0.05) is 0 Å².